The highest BCUT2D eigenvalue weighted by Gasteiger charge is 2.14. The van der Waals surface area contributed by atoms with Gasteiger partial charge in [-0.25, -0.2) is 4.99 Å². The average Bonchev–Trinajstić information content (AvgIpc) is 2.16. The maximum Gasteiger partial charge on any atom is 0.0889 e. The van der Waals surface area contributed by atoms with Crippen molar-refractivity contribution >= 4 is 17.1 Å². The van der Waals surface area contributed by atoms with Gasteiger partial charge in [-0.2, -0.15) is 0 Å². The van der Waals surface area contributed by atoms with Gasteiger partial charge in [-0.3, -0.25) is 0 Å². The van der Waals surface area contributed by atoms with Crippen molar-refractivity contribution in [3.8, 4) is 0 Å². The molecule has 0 aliphatic carbocycles. The number of rotatable bonds is 1. The first-order valence-electron chi connectivity index (χ1n) is 4.48. The quantitative estimate of drug-likeness (QED) is 0.711. The number of nitrogens with zero attached hydrogens (tertiary/aromatic N) is 1. The predicted molar refractivity (Wildman–Crippen MR) is 61.1 cm³/mol. The molecule has 1 aliphatic heterocycles. The summed E-state index contributed by atoms with van der Waals surface area (Å²) in [5.41, 5.74) is 4.54. The van der Waals surface area contributed by atoms with Crippen LogP contribution in [0.25, 0.3) is 0 Å². The Labute approximate surface area is 83.7 Å². The van der Waals surface area contributed by atoms with Gasteiger partial charge in [0.15, 0.2) is 0 Å². The van der Waals surface area contributed by atoms with E-state index in [0.29, 0.717) is 0 Å². The second-order valence-corrected chi connectivity index (χ2v) is 3.36. The molecule has 0 saturated carbocycles. The highest BCUT2D eigenvalue weighted by Crippen LogP contribution is 2.31. The van der Waals surface area contributed by atoms with Crippen LogP contribution in [0, 0.1) is 0 Å². The van der Waals surface area contributed by atoms with Crippen LogP contribution in [0.2, 0.25) is 0 Å². The van der Waals surface area contributed by atoms with E-state index in [9.17, 15) is 0 Å². The van der Waals surface area contributed by atoms with Crippen LogP contribution in [-0.2, 0) is 0 Å². The van der Waals surface area contributed by atoms with Gasteiger partial charge in [-0.05, 0) is 24.6 Å². The van der Waals surface area contributed by atoms with Crippen LogP contribution in [0.3, 0.4) is 0 Å². The molecule has 2 rings (SSSR count). The van der Waals surface area contributed by atoms with Crippen LogP contribution in [0.4, 0.5) is 11.4 Å². The highest BCUT2D eigenvalue weighted by molar-refractivity contribution is 6.16. The third-order valence-electron chi connectivity index (χ3n) is 2.11. The Balaban J connectivity index is 2.54. The SMILES string of the molecule is C=C(C)C1=Nc2ccccc2NC1=C. The molecule has 0 radical (unpaired) electrons. The molecule has 0 unspecified atom stereocenters. The fourth-order valence-electron chi connectivity index (χ4n) is 1.44. The number of fused-ring (bicyclic) bond motifs is 1. The lowest BCUT2D eigenvalue weighted by molar-refractivity contribution is 1.37. The fraction of sp³-hybridized carbons (Fsp3) is 0.0833. The topological polar surface area (TPSA) is 24.4 Å². The summed E-state index contributed by atoms with van der Waals surface area (Å²) in [6.45, 7) is 9.71. The molecule has 0 aromatic heterocycles. The molecule has 1 aromatic rings. The molecular weight excluding hydrogens is 172 g/mol. The van der Waals surface area contributed by atoms with E-state index in [2.05, 4.69) is 23.5 Å². The number of anilines is 1. The summed E-state index contributed by atoms with van der Waals surface area (Å²) < 4.78 is 0. The molecule has 1 N–H and O–H groups in total. The Hall–Kier alpha value is -1.83. The zero-order valence-electron chi connectivity index (χ0n) is 8.17. The van der Waals surface area contributed by atoms with E-state index in [1.54, 1.807) is 0 Å². The molecule has 1 heterocycles. The van der Waals surface area contributed by atoms with Gasteiger partial charge in [0.05, 0.1) is 22.8 Å². The van der Waals surface area contributed by atoms with Gasteiger partial charge in [-0.1, -0.05) is 25.3 Å². The van der Waals surface area contributed by atoms with E-state index in [1.165, 1.54) is 0 Å². The summed E-state index contributed by atoms with van der Waals surface area (Å²) in [6, 6.07) is 7.89. The third kappa shape index (κ3) is 1.35. The minimum atomic E-state index is 0.816. The van der Waals surface area contributed by atoms with Gasteiger partial charge < -0.3 is 5.32 Å². The molecule has 0 bridgehead atoms. The summed E-state index contributed by atoms with van der Waals surface area (Å²) in [5.74, 6) is 0. The number of hydrogen-bond donors (Lipinski definition) is 1. The molecule has 2 heteroatoms. The highest BCUT2D eigenvalue weighted by atomic mass is 15.0. The molecule has 1 aromatic carbocycles. The predicted octanol–water partition coefficient (Wildman–Crippen LogP) is 3.27. The largest absolute Gasteiger partial charge is 0.352 e. The van der Waals surface area contributed by atoms with Gasteiger partial charge >= 0.3 is 0 Å². The van der Waals surface area contributed by atoms with E-state index in [4.69, 9.17) is 0 Å². The van der Waals surface area contributed by atoms with E-state index in [-0.39, 0.29) is 0 Å². The van der Waals surface area contributed by atoms with Gasteiger partial charge in [0.25, 0.3) is 0 Å². The van der Waals surface area contributed by atoms with Crippen molar-refractivity contribution in [2.45, 2.75) is 6.92 Å². The number of allylic oxidation sites excluding steroid dienone is 1. The Morgan fingerprint density at radius 3 is 2.79 bits per heavy atom. The zero-order chi connectivity index (χ0) is 10.1. The Morgan fingerprint density at radius 2 is 2.07 bits per heavy atom. The maximum atomic E-state index is 4.48. The van der Waals surface area contributed by atoms with Crippen LogP contribution in [0.1, 0.15) is 6.92 Å². The van der Waals surface area contributed by atoms with E-state index in [0.717, 1.165) is 28.4 Å². The average molecular weight is 184 g/mol. The lowest BCUT2D eigenvalue weighted by Gasteiger charge is -2.19. The Morgan fingerprint density at radius 1 is 1.36 bits per heavy atom. The lowest BCUT2D eigenvalue weighted by Crippen LogP contribution is -2.14. The summed E-state index contributed by atoms with van der Waals surface area (Å²) in [6.07, 6.45) is 0. The second-order valence-electron chi connectivity index (χ2n) is 3.36. The van der Waals surface area contributed by atoms with Crippen molar-refractivity contribution in [1.29, 1.82) is 0 Å². The van der Waals surface area contributed by atoms with E-state index >= 15 is 0 Å². The molecule has 70 valence electrons. The number of aliphatic imine (C=N–C) groups is 1. The molecule has 0 saturated heterocycles. The standard InChI is InChI=1S/C12H12N2/c1-8(2)12-9(3)13-10-6-4-5-7-11(10)14-12/h4-7,13H,1,3H2,2H3. The van der Waals surface area contributed by atoms with Gasteiger partial charge in [0.1, 0.15) is 0 Å². The van der Waals surface area contributed by atoms with Crippen molar-refractivity contribution in [3.05, 3.63) is 48.7 Å². The molecule has 0 amide bonds. The van der Waals surface area contributed by atoms with Gasteiger partial charge in [0.2, 0.25) is 0 Å². The molecule has 2 nitrogen and oxygen atoms in total. The van der Waals surface area contributed by atoms with Crippen molar-refractivity contribution in [3.63, 3.8) is 0 Å². The number of para-hydroxylation sites is 2. The van der Waals surface area contributed by atoms with Gasteiger partial charge in [-0.15, -0.1) is 0 Å². The first-order chi connectivity index (χ1) is 6.68. The third-order valence-corrected chi connectivity index (χ3v) is 2.11. The minimum Gasteiger partial charge on any atom is -0.352 e. The van der Waals surface area contributed by atoms with Crippen molar-refractivity contribution in [2.24, 2.45) is 4.99 Å². The Bertz CT molecular complexity index is 441. The van der Waals surface area contributed by atoms with Crippen LogP contribution in [-0.4, -0.2) is 5.71 Å². The first-order valence-corrected chi connectivity index (χ1v) is 4.48. The zero-order valence-corrected chi connectivity index (χ0v) is 8.17. The minimum absolute atomic E-state index is 0.816. The first kappa shape index (κ1) is 8.75. The molecule has 0 fully saturated rings. The molecule has 0 atom stereocenters. The smallest absolute Gasteiger partial charge is 0.0889 e. The molecule has 14 heavy (non-hydrogen) atoms. The van der Waals surface area contributed by atoms with Crippen LogP contribution < -0.4 is 5.32 Å². The van der Waals surface area contributed by atoms with E-state index in [1.807, 2.05) is 31.2 Å². The lowest BCUT2D eigenvalue weighted by atomic mass is 10.1. The number of hydrogen-bond acceptors (Lipinski definition) is 2. The van der Waals surface area contributed by atoms with Crippen LogP contribution in [0.15, 0.2) is 53.7 Å². The fourth-order valence-corrected chi connectivity index (χ4v) is 1.44. The molecular formula is C12H12N2. The summed E-state index contributed by atoms with van der Waals surface area (Å²) in [5, 5.41) is 3.21. The van der Waals surface area contributed by atoms with Crippen molar-refractivity contribution in [1.82, 2.24) is 0 Å². The van der Waals surface area contributed by atoms with Gasteiger partial charge in [0, 0.05) is 0 Å². The summed E-state index contributed by atoms with van der Waals surface area (Å²) >= 11 is 0. The van der Waals surface area contributed by atoms with E-state index < -0.39 is 0 Å². The Kier molecular flexibility index (Phi) is 1.97. The number of benzene rings is 1. The van der Waals surface area contributed by atoms with Crippen LogP contribution >= 0.6 is 0 Å². The molecule has 0 spiro atoms. The maximum absolute atomic E-state index is 4.48. The van der Waals surface area contributed by atoms with Crippen molar-refractivity contribution in [2.75, 3.05) is 5.32 Å². The monoisotopic (exact) mass is 184 g/mol. The summed E-state index contributed by atoms with van der Waals surface area (Å²) in [7, 11) is 0. The normalized spacial score (nSPS) is 14.1. The second kappa shape index (κ2) is 3.14. The van der Waals surface area contributed by atoms with Crippen molar-refractivity contribution < 1.29 is 0 Å². The summed E-state index contributed by atoms with van der Waals surface area (Å²) in [4.78, 5) is 4.48. The van der Waals surface area contributed by atoms with Crippen LogP contribution in [0.5, 0.6) is 0 Å². The molecule has 1 aliphatic rings. The number of nitrogens with one attached hydrogen (secondary N) is 1.